The van der Waals surface area contributed by atoms with Gasteiger partial charge in [-0.15, -0.1) is 0 Å². The first-order chi connectivity index (χ1) is 17.5. The van der Waals surface area contributed by atoms with Crippen molar-refractivity contribution >= 4 is 45.7 Å². The molecule has 1 saturated heterocycles. The summed E-state index contributed by atoms with van der Waals surface area (Å²) in [6, 6.07) is 20.2. The van der Waals surface area contributed by atoms with Gasteiger partial charge in [0.1, 0.15) is 18.0 Å². The van der Waals surface area contributed by atoms with Crippen LogP contribution in [0.25, 0.3) is 10.9 Å². The molecule has 0 radical (unpaired) electrons. The molecule has 7 nitrogen and oxygen atoms in total. The first kappa shape index (κ1) is 25.3. The number of carbonyl (C=O) groups is 1. The highest BCUT2D eigenvalue weighted by Gasteiger charge is 2.13. The van der Waals surface area contributed by atoms with Crippen LogP contribution in [0.4, 0.5) is 21.6 Å². The molecule has 4 N–H and O–H groups in total. The van der Waals surface area contributed by atoms with Crippen LogP contribution in [0.5, 0.6) is 0 Å². The summed E-state index contributed by atoms with van der Waals surface area (Å²) in [5, 5.41) is 19.5. The number of nitrogens with one attached hydrogen (secondary N) is 3. The van der Waals surface area contributed by atoms with Crippen LogP contribution in [0.3, 0.4) is 0 Å². The SMILES string of the molecule is Fc1ccc(Nc2ncnc3ccc(NC4CCNCC4)cc23)cc1Cl.O=C(O)Cc1ccccc1. The molecular weight excluding hydrogens is 481 g/mol. The molecule has 1 aliphatic rings. The van der Waals surface area contributed by atoms with E-state index in [0.717, 1.165) is 48.1 Å². The summed E-state index contributed by atoms with van der Waals surface area (Å²) in [7, 11) is 0. The second-order valence-corrected chi connectivity index (χ2v) is 8.84. The van der Waals surface area contributed by atoms with Gasteiger partial charge in [-0.25, -0.2) is 14.4 Å². The Morgan fingerprint density at radius 1 is 1.03 bits per heavy atom. The number of nitrogens with zero attached hydrogens (tertiary/aromatic N) is 2. The zero-order chi connectivity index (χ0) is 25.3. The van der Waals surface area contributed by atoms with Gasteiger partial charge >= 0.3 is 5.97 Å². The van der Waals surface area contributed by atoms with Gasteiger partial charge in [-0.1, -0.05) is 41.9 Å². The van der Waals surface area contributed by atoms with E-state index in [2.05, 4.69) is 25.9 Å². The van der Waals surface area contributed by atoms with E-state index in [9.17, 15) is 9.18 Å². The number of rotatable bonds is 6. The Morgan fingerprint density at radius 2 is 1.78 bits per heavy atom. The summed E-state index contributed by atoms with van der Waals surface area (Å²) in [6.45, 7) is 2.07. The monoisotopic (exact) mass is 507 g/mol. The van der Waals surface area contributed by atoms with Crippen LogP contribution in [0, 0.1) is 5.82 Å². The average molecular weight is 508 g/mol. The fourth-order valence-electron chi connectivity index (χ4n) is 3.93. The van der Waals surface area contributed by atoms with E-state index in [4.69, 9.17) is 16.7 Å². The predicted molar refractivity (Wildman–Crippen MR) is 142 cm³/mol. The van der Waals surface area contributed by atoms with Gasteiger partial charge in [-0.2, -0.15) is 0 Å². The number of hydrogen-bond donors (Lipinski definition) is 4. The van der Waals surface area contributed by atoms with Crippen molar-refractivity contribution in [3.05, 3.63) is 89.5 Å². The van der Waals surface area contributed by atoms with Gasteiger partial charge in [0.2, 0.25) is 0 Å². The first-order valence-electron chi connectivity index (χ1n) is 11.7. The molecule has 186 valence electrons. The third kappa shape index (κ3) is 7.13. The van der Waals surface area contributed by atoms with Gasteiger partial charge in [0.25, 0.3) is 0 Å². The molecule has 9 heteroatoms. The van der Waals surface area contributed by atoms with Gasteiger partial charge in [0, 0.05) is 22.8 Å². The summed E-state index contributed by atoms with van der Waals surface area (Å²) in [5.41, 5.74) is 3.40. The lowest BCUT2D eigenvalue weighted by molar-refractivity contribution is -0.136. The van der Waals surface area contributed by atoms with Crippen molar-refractivity contribution in [1.29, 1.82) is 0 Å². The summed E-state index contributed by atoms with van der Waals surface area (Å²) < 4.78 is 13.4. The molecule has 1 aliphatic heterocycles. The van der Waals surface area contributed by atoms with E-state index in [1.807, 2.05) is 36.4 Å². The maximum Gasteiger partial charge on any atom is 0.307 e. The number of carboxylic acids is 1. The maximum atomic E-state index is 13.4. The summed E-state index contributed by atoms with van der Waals surface area (Å²) in [6.07, 6.45) is 3.82. The Morgan fingerprint density at radius 3 is 2.50 bits per heavy atom. The zero-order valence-electron chi connectivity index (χ0n) is 19.5. The third-order valence-electron chi connectivity index (χ3n) is 5.73. The van der Waals surface area contributed by atoms with Gasteiger partial charge in [-0.05, 0) is 67.9 Å². The molecule has 0 saturated carbocycles. The van der Waals surface area contributed by atoms with Crippen LogP contribution in [-0.4, -0.2) is 40.2 Å². The van der Waals surface area contributed by atoms with Crippen molar-refractivity contribution in [3.8, 4) is 0 Å². The van der Waals surface area contributed by atoms with Crippen LogP contribution in [-0.2, 0) is 11.2 Å². The quantitative estimate of drug-likeness (QED) is 0.268. The van der Waals surface area contributed by atoms with Crippen molar-refractivity contribution in [2.75, 3.05) is 23.7 Å². The smallest absolute Gasteiger partial charge is 0.307 e. The van der Waals surface area contributed by atoms with Crippen LogP contribution in [0.2, 0.25) is 5.02 Å². The minimum atomic E-state index is -0.786. The molecule has 4 aromatic rings. The molecule has 1 aromatic heterocycles. The summed E-state index contributed by atoms with van der Waals surface area (Å²) >= 11 is 5.87. The van der Waals surface area contributed by atoms with Crippen LogP contribution in [0.15, 0.2) is 73.1 Å². The summed E-state index contributed by atoms with van der Waals surface area (Å²) in [5.74, 6) is -0.573. The molecule has 0 aliphatic carbocycles. The molecule has 3 aromatic carbocycles. The molecule has 2 heterocycles. The zero-order valence-corrected chi connectivity index (χ0v) is 20.3. The molecule has 1 fully saturated rings. The second kappa shape index (κ2) is 12.3. The molecular formula is C27H27ClFN5O2. The number of fused-ring (bicyclic) bond motifs is 1. The van der Waals surface area contributed by atoms with E-state index >= 15 is 0 Å². The number of aliphatic carboxylic acids is 1. The normalized spacial score (nSPS) is 13.5. The van der Waals surface area contributed by atoms with Crippen molar-refractivity contribution in [2.24, 2.45) is 0 Å². The van der Waals surface area contributed by atoms with Crippen molar-refractivity contribution in [1.82, 2.24) is 15.3 Å². The average Bonchev–Trinajstić information content (AvgIpc) is 2.88. The number of benzene rings is 3. The second-order valence-electron chi connectivity index (χ2n) is 8.43. The Bertz CT molecular complexity index is 1320. The summed E-state index contributed by atoms with van der Waals surface area (Å²) in [4.78, 5) is 18.8. The molecule has 0 amide bonds. The first-order valence-corrected chi connectivity index (χ1v) is 12.1. The van der Waals surface area contributed by atoms with E-state index in [0.29, 0.717) is 17.5 Å². The molecule has 0 spiro atoms. The van der Waals surface area contributed by atoms with Crippen LogP contribution in [0.1, 0.15) is 18.4 Å². The van der Waals surface area contributed by atoms with E-state index in [-0.39, 0.29) is 11.4 Å². The number of halogens is 2. The Balaban J connectivity index is 0.000000256. The topological polar surface area (TPSA) is 99.2 Å². The van der Waals surface area contributed by atoms with E-state index < -0.39 is 11.8 Å². The number of carboxylic acid groups (broad SMARTS) is 1. The minimum absolute atomic E-state index is 0.0709. The lowest BCUT2D eigenvalue weighted by atomic mass is 10.1. The molecule has 0 bridgehead atoms. The number of aromatic nitrogens is 2. The molecule has 0 atom stereocenters. The maximum absolute atomic E-state index is 13.4. The minimum Gasteiger partial charge on any atom is -0.481 e. The Kier molecular flexibility index (Phi) is 8.65. The van der Waals surface area contributed by atoms with E-state index in [1.54, 1.807) is 24.3 Å². The highest BCUT2D eigenvalue weighted by Crippen LogP contribution is 2.28. The third-order valence-corrected chi connectivity index (χ3v) is 6.02. The van der Waals surface area contributed by atoms with Crippen molar-refractivity contribution < 1.29 is 14.3 Å². The van der Waals surface area contributed by atoms with Gasteiger partial charge < -0.3 is 21.1 Å². The molecule has 36 heavy (non-hydrogen) atoms. The lowest BCUT2D eigenvalue weighted by Crippen LogP contribution is -2.35. The molecule has 5 rings (SSSR count). The van der Waals surface area contributed by atoms with Gasteiger partial charge in [0.15, 0.2) is 0 Å². The largest absolute Gasteiger partial charge is 0.481 e. The fraction of sp³-hybridized carbons (Fsp3) is 0.222. The Labute approximate surface area is 213 Å². The van der Waals surface area contributed by atoms with Crippen molar-refractivity contribution in [3.63, 3.8) is 0 Å². The number of piperidine rings is 1. The molecule has 0 unspecified atom stereocenters. The number of hydrogen-bond acceptors (Lipinski definition) is 6. The van der Waals surface area contributed by atoms with Crippen LogP contribution >= 0.6 is 11.6 Å². The standard InChI is InChI=1S/C19H19ClFN5.C8H8O2/c20-16-10-14(1-3-17(16)21)26-19-15-9-13(2-4-18(15)23-11-24-19)25-12-5-7-22-8-6-12;9-8(10)6-7-4-2-1-3-5-7/h1-4,9-12,22,25H,5-8H2,(H,23,24,26);1-5H,6H2,(H,9,10). The van der Waals surface area contributed by atoms with Crippen LogP contribution < -0.4 is 16.0 Å². The van der Waals surface area contributed by atoms with Crippen molar-refractivity contribution in [2.45, 2.75) is 25.3 Å². The van der Waals surface area contributed by atoms with Gasteiger partial charge in [-0.3, -0.25) is 4.79 Å². The number of anilines is 3. The fourth-order valence-corrected chi connectivity index (χ4v) is 4.11. The highest BCUT2D eigenvalue weighted by molar-refractivity contribution is 6.31. The lowest BCUT2D eigenvalue weighted by Gasteiger charge is -2.24. The van der Waals surface area contributed by atoms with E-state index in [1.165, 1.54) is 12.4 Å². The predicted octanol–water partition coefficient (Wildman–Crippen LogP) is 5.64. The highest BCUT2D eigenvalue weighted by atomic mass is 35.5. The van der Waals surface area contributed by atoms with Gasteiger partial charge in [0.05, 0.1) is 17.0 Å². The Hall–Kier alpha value is -3.75.